The second kappa shape index (κ2) is 5.54. The Hall–Kier alpha value is -0.670. The molecule has 0 bridgehead atoms. The standard InChI is InChI=1S/C15H23NOS/c1-12-6-4-8-15(11-12,16(2)3)14(17)10-13-7-5-9-18-13/h5,7,9,12H,4,6,8,10-11H2,1-3H3. The molecule has 1 aromatic heterocycles. The van der Waals surface area contributed by atoms with E-state index < -0.39 is 0 Å². The summed E-state index contributed by atoms with van der Waals surface area (Å²) in [6.07, 6.45) is 5.08. The summed E-state index contributed by atoms with van der Waals surface area (Å²) in [7, 11) is 4.12. The lowest BCUT2D eigenvalue weighted by Gasteiger charge is -2.43. The zero-order valence-electron chi connectivity index (χ0n) is 11.6. The van der Waals surface area contributed by atoms with Gasteiger partial charge in [0, 0.05) is 11.3 Å². The number of likely N-dealkylation sites (N-methyl/N-ethyl adjacent to an activating group) is 1. The molecule has 2 rings (SSSR count). The van der Waals surface area contributed by atoms with Gasteiger partial charge in [0.25, 0.3) is 0 Å². The van der Waals surface area contributed by atoms with Crippen molar-refractivity contribution in [2.75, 3.05) is 14.1 Å². The predicted molar refractivity (Wildman–Crippen MR) is 77.1 cm³/mol. The smallest absolute Gasteiger partial charge is 0.158 e. The summed E-state index contributed by atoms with van der Waals surface area (Å²) in [6, 6.07) is 4.09. The van der Waals surface area contributed by atoms with Crippen molar-refractivity contribution in [3.05, 3.63) is 22.4 Å². The molecule has 0 aromatic carbocycles. The van der Waals surface area contributed by atoms with Gasteiger partial charge in [0.05, 0.1) is 5.54 Å². The monoisotopic (exact) mass is 265 g/mol. The number of nitrogens with zero attached hydrogens (tertiary/aromatic N) is 1. The third-order valence-electron chi connectivity index (χ3n) is 4.26. The molecule has 0 amide bonds. The first-order valence-corrected chi connectivity index (χ1v) is 7.66. The number of rotatable bonds is 4. The van der Waals surface area contributed by atoms with Crippen LogP contribution in [-0.4, -0.2) is 30.3 Å². The van der Waals surface area contributed by atoms with Crippen LogP contribution in [0.5, 0.6) is 0 Å². The lowest BCUT2D eigenvalue weighted by atomic mass is 9.72. The molecule has 1 heterocycles. The molecule has 1 saturated carbocycles. The van der Waals surface area contributed by atoms with E-state index in [1.807, 2.05) is 6.07 Å². The van der Waals surface area contributed by atoms with Gasteiger partial charge in [-0.15, -0.1) is 11.3 Å². The van der Waals surface area contributed by atoms with Crippen molar-refractivity contribution >= 4 is 17.1 Å². The Kier molecular flexibility index (Phi) is 4.23. The highest BCUT2D eigenvalue weighted by Gasteiger charge is 2.42. The topological polar surface area (TPSA) is 20.3 Å². The third kappa shape index (κ3) is 2.67. The molecule has 1 fully saturated rings. The predicted octanol–water partition coefficient (Wildman–Crippen LogP) is 3.37. The number of carbonyl (C=O) groups is 1. The summed E-state index contributed by atoms with van der Waals surface area (Å²) in [4.78, 5) is 16.1. The Morgan fingerprint density at radius 3 is 2.89 bits per heavy atom. The molecule has 2 atom stereocenters. The molecule has 1 aliphatic rings. The van der Waals surface area contributed by atoms with Crippen LogP contribution in [0.3, 0.4) is 0 Å². The zero-order chi connectivity index (χ0) is 13.2. The van der Waals surface area contributed by atoms with Crippen molar-refractivity contribution in [2.45, 2.75) is 44.6 Å². The van der Waals surface area contributed by atoms with Crippen LogP contribution in [0.1, 0.15) is 37.5 Å². The Balaban J connectivity index is 2.16. The van der Waals surface area contributed by atoms with E-state index in [1.54, 1.807) is 11.3 Å². The lowest BCUT2D eigenvalue weighted by Crippen LogP contribution is -2.54. The van der Waals surface area contributed by atoms with Crippen LogP contribution < -0.4 is 0 Å². The second-order valence-corrected chi connectivity index (χ2v) is 6.84. The minimum absolute atomic E-state index is 0.221. The maximum absolute atomic E-state index is 12.7. The van der Waals surface area contributed by atoms with Crippen molar-refractivity contribution in [2.24, 2.45) is 5.92 Å². The molecular formula is C15H23NOS. The molecule has 0 spiro atoms. The largest absolute Gasteiger partial charge is 0.297 e. The number of hydrogen-bond donors (Lipinski definition) is 0. The molecular weight excluding hydrogens is 242 g/mol. The summed E-state index contributed by atoms with van der Waals surface area (Å²) in [6.45, 7) is 2.27. The van der Waals surface area contributed by atoms with E-state index in [0.29, 0.717) is 18.1 Å². The van der Waals surface area contributed by atoms with Crippen LogP contribution in [0.25, 0.3) is 0 Å². The Morgan fingerprint density at radius 1 is 1.56 bits per heavy atom. The fourth-order valence-electron chi connectivity index (χ4n) is 3.17. The van der Waals surface area contributed by atoms with E-state index in [9.17, 15) is 4.79 Å². The SMILES string of the molecule is CC1CCCC(C(=O)Cc2cccs2)(N(C)C)C1. The second-order valence-electron chi connectivity index (χ2n) is 5.81. The Morgan fingerprint density at radius 2 is 2.33 bits per heavy atom. The molecule has 2 unspecified atom stereocenters. The third-order valence-corrected chi connectivity index (χ3v) is 5.14. The molecule has 0 radical (unpaired) electrons. The van der Waals surface area contributed by atoms with Gasteiger partial charge in [0.15, 0.2) is 5.78 Å². The first kappa shape index (κ1) is 13.8. The number of hydrogen-bond acceptors (Lipinski definition) is 3. The van der Waals surface area contributed by atoms with Gasteiger partial charge in [-0.1, -0.05) is 25.8 Å². The summed E-state index contributed by atoms with van der Waals surface area (Å²) in [5, 5.41) is 2.05. The van der Waals surface area contributed by atoms with Crippen LogP contribution in [0, 0.1) is 5.92 Å². The average Bonchev–Trinajstić information content (AvgIpc) is 2.81. The Bertz CT molecular complexity index is 399. The van der Waals surface area contributed by atoms with Gasteiger partial charge in [0.2, 0.25) is 0 Å². The summed E-state index contributed by atoms with van der Waals surface area (Å²) < 4.78 is 0. The van der Waals surface area contributed by atoms with Gasteiger partial charge in [-0.05, 0) is 44.3 Å². The number of Topliss-reactive ketones (excluding diaryl/α,β-unsaturated/α-hetero) is 1. The average molecular weight is 265 g/mol. The minimum Gasteiger partial charge on any atom is -0.297 e. The molecule has 0 saturated heterocycles. The zero-order valence-corrected chi connectivity index (χ0v) is 12.4. The first-order valence-electron chi connectivity index (χ1n) is 6.78. The highest BCUT2D eigenvalue weighted by molar-refractivity contribution is 7.10. The molecule has 3 heteroatoms. The van der Waals surface area contributed by atoms with Crippen molar-refractivity contribution in [3.8, 4) is 0 Å². The van der Waals surface area contributed by atoms with Gasteiger partial charge in [0.1, 0.15) is 0 Å². The van der Waals surface area contributed by atoms with Crippen molar-refractivity contribution in [1.82, 2.24) is 4.90 Å². The highest BCUT2D eigenvalue weighted by atomic mass is 32.1. The number of thiophene rings is 1. The molecule has 1 aliphatic carbocycles. The lowest BCUT2D eigenvalue weighted by molar-refractivity contribution is -0.132. The molecule has 2 nitrogen and oxygen atoms in total. The molecule has 18 heavy (non-hydrogen) atoms. The molecule has 0 N–H and O–H groups in total. The minimum atomic E-state index is -0.221. The number of carbonyl (C=O) groups excluding carboxylic acids is 1. The summed E-state index contributed by atoms with van der Waals surface area (Å²) in [5.41, 5.74) is -0.221. The van der Waals surface area contributed by atoms with Gasteiger partial charge in [-0.2, -0.15) is 0 Å². The fourth-order valence-corrected chi connectivity index (χ4v) is 3.87. The molecule has 1 aromatic rings. The normalized spacial score (nSPS) is 28.6. The van der Waals surface area contributed by atoms with Gasteiger partial charge in [-0.3, -0.25) is 9.69 Å². The van der Waals surface area contributed by atoms with E-state index in [0.717, 1.165) is 12.8 Å². The van der Waals surface area contributed by atoms with E-state index in [1.165, 1.54) is 17.7 Å². The van der Waals surface area contributed by atoms with Crippen molar-refractivity contribution in [3.63, 3.8) is 0 Å². The van der Waals surface area contributed by atoms with E-state index in [2.05, 4.69) is 37.4 Å². The fraction of sp³-hybridized carbons (Fsp3) is 0.667. The van der Waals surface area contributed by atoms with E-state index in [4.69, 9.17) is 0 Å². The maximum atomic E-state index is 12.7. The first-order chi connectivity index (χ1) is 8.54. The highest BCUT2D eigenvalue weighted by Crippen LogP contribution is 2.37. The molecule has 100 valence electrons. The Labute approximate surface area is 114 Å². The van der Waals surface area contributed by atoms with Crippen molar-refractivity contribution in [1.29, 1.82) is 0 Å². The van der Waals surface area contributed by atoms with Gasteiger partial charge >= 0.3 is 0 Å². The van der Waals surface area contributed by atoms with Gasteiger partial charge in [-0.25, -0.2) is 0 Å². The van der Waals surface area contributed by atoms with Crippen LogP contribution in [0.15, 0.2) is 17.5 Å². The van der Waals surface area contributed by atoms with Crippen molar-refractivity contribution < 1.29 is 4.79 Å². The maximum Gasteiger partial charge on any atom is 0.158 e. The number of ketones is 1. The summed E-state index contributed by atoms with van der Waals surface area (Å²) >= 11 is 1.69. The van der Waals surface area contributed by atoms with Crippen LogP contribution in [-0.2, 0) is 11.2 Å². The van der Waals surface area contributed by atoms with Crippen LogP contribution >= 0.6 is 11.3 Å². The van der Waals surface area contributed by atoms with E-state index in [-0.39, 0.29) is 5.54 Å². The van der Waals surface area contributed by atoms with Gasteiger partial charge < -0.3 is 0 Å². The van der Waals surface area contributed by atoms with Crippen LogP contribution in [0.4, 0.5) is 0 Å². The van der Waals surface area contributed by atoms with E-state index >= 15 is 0 Å². The quantitative estimate of drug-likeness (QED) is 0.832. The molecule has 0 aliphatic heterocycles. The van der Waals surface area contributed by atoms with Crippen LogP contribution in [0.2, 0.25) is 0 Å². The summed E-state index contributed by atoms with van der Waals surface area (Å²) in [5.74, 6) is 1.06.